The minimum Gasteiger partial charge on any atom is -0.450 e. The molecule has 1 atom stereocenters. The first kappa shape index (κ1) is 16.3. The Morgan fingerprint density at radius 3 is 2.23 bits per heavy atom. The molecule has 2 rings (SSSR count). The van der Waals surface area contributed by atoms with Crippen LogP contribution in [-0.2, 0) is 14.3 Å². The van der Waals surface area contributed by atoms with Gasteiger partial charge in [0.15, 0.2) is 6.10 Å². The van der Waals surface area contributed by atoms with Gasteiger partial charge in [0.05, 0.1) is 6.61 Å². The van der Waals surface area contributed by atoms with E-state index < -0.39 is 6.10 Å². The summed E-state index contributed by atoms with van der Waals surface area (Å²) in [6, 6.07) is 9.42. The van der Waals surface area contributed by atoms with Crippen molar-refractivity contribution in [2.45, 2.75) is 13.0 Å². The molecule has 1 aromatic carbocycles. The predicted octanol–water partition coefficient (Wildman–Crippen LogP) is 1.67. The summed E-state index contributed by atoms with van der Waals surface area (Å²) in [5.74, 6) is -0.0720. The van der Waals surface area contributed by atoms with Crippen LogP contribution in [0.2, 0.25) is 0 Å². The number of amides is 2. The second-order valence-corrected chi connectivity index (χ2v) is 5.04. The van der Waals surface area contributed by atoms with Gasteiger partial charge in [0.2, 0.25) is 0 Å². The number of carbonyl (C=O) groups excluding carboxylic acids is 2. The van der Waals surface area contributed by atoms with Crippen LogP contribution < -0.4 is 0 Å². The average molecular weight is 306 g/mol. The van der Waals surface area contributed by atoms with Crippen LogP contribution in [0.3, 0.4) is 0 Å². The van der Waals surface area contributed by atoms with Crippen molar-refractivity contribution in [3.8, 4) is 0 Å². The van der Waals surface area contributed by atoms with Crippen LogP contribution in [0.5, 0.6) is 0 Å². The van der Waals surface area contributed by atoms with E-state index >= 15 is 0 Å². The molecule has 2 amide bonds. The highest BCUT2D eigenvalue weighted by Gasteiger charge is 2.30. The summed E-state index contributed by atoms with van der Waals surface area (Å²) in [4.78, 5) is 27.6. The second-order valence-electron chi connectivity index (χ2n) is 5.04. The van der Waals surface area contributed by atoms with Crippen LogP contribution in [0.25, 0.3) is 0 Å². The van der Waals surface area contributed by atoms with Crippen molar-refractivity contribution in [3.05, 3.63) is 35.9 Å². The molecule has 0 saturated carbocycles. The van der Waals surface area contributed by atoms with Gasteiger partial charge in [-0.2, -0.15) is 0 Å². The lowest BCUT2D eigenvalue weighted by molar-refractivity contribution is -0.144. The van der Waals surface area contributed by atoms with Crippen molar-refractivity contribution in [3.63, 3.8) is 0 Å². The Balaban J connectivity index is 1.95. The lowest BCUT2D eigenvalue weighted by Gasteiger charge is -2.35. The monoisotopic (exact) mass is 306 g/mol. The minimum atomic E-state index is -0.602. The van der Waals surface area contributed by atoms with Gasteiger partial charge in [-0.1, -0.05) is 30.3 Å². The van der Waals surface area contributed by atoms with Gasteiger partial charge in [0, 0.05) is 33.3 Å². The zero-order valence-corrected chi connectivity index (χ0v) is 13.0. The zero-order valence-electron chi connectivity index (χ0n) is 13.0. The highest BCUT2D eigenvalue weighted by molar-refractivity contribution is 5.82. The Hall–Kier alpha value is -2.08. The Kier molecular flexibility index (Phi) is 5.77. The second kappa shape index (κ2) is 7.79. The Morgan fingerprint density at radius 1 is 1.09 bits per heavy atom. The van der Waals surface area contributed by atoms with Gasteiger partial charge < -0.3 is 19.3 Å². The number of hydrogen-bond acceptors (Lipinski definition) is 4. The van der Waals surface area contributed by atoms with E-state index in [1.54, 1.807) is 16.7 Å². The molecule has 1 heterocycles. The molecular formula is C16H22N2O4. The SMILES string of the molecule is CCOC(=O)N1CCN(C(=O)[C@H](OC)c2ccccc2)CC1. The molecule has 120 valence electrons. The largest absolute Gasteiger partial charge is 0.450 e. The molecule has 0 aliphatic carbocycles. The van der Waals surface area contributed by atoms with Crippen molar-refractivity contribution >= 4 is 12.0 Å². The van der Waals surface area contributed by atoms with E-state index in [1.165, 1.54) is 7.11 Å². The van der Waals surface area contributed by atoms with Crippen molar-refractivity contribution < 1.29 is 19.1 Å². The summed E-state index contributed by atoms with van der Waals surface area (Å²) in [5, 5.41) is 0. The fourth-order valence-electron chi connectivity index (χ4n) is 2.50. The predicted molar refractivity (Wildman–Crippen MR) is 81.4 cm³/mol. The summed E-state index contributed by atoms with van der Waals surface area (Å²) in [6.45, 7) is 4.08. The number of methoxy groups -OCH3 is 1. The molecule has 0 aromatic heterocycles. The third kappa shape index (κ3) is 3.76. The van der Waals surface area contributed by atoms with E-state index in [4.69, 9.17) is 9.47 Å². The van der Waals surface area contributed by atoms with E-state index in [9.17, 15) is 9.59 Å². The van der Waals surface area contributed by atoms with Gasteiger partial charge >= 0.3 is 6.09 Å². The zero-order chi connectivity index (χ0) is 15.9. The summed E-state index contributed by atoms with van der Waals surface area (Å²) in [6.07, 6.45) is -0.920. The molecule has 0 unspecified atom stereocenters. The number of ether oxygens (including phenoxy) is 2. The third-order valence-electron chi connectivity index (χ3n) is 3.68. The van der Waals surface area contributed by atoms with E-state index in [0.717, 1.165) is 5.56 Å². The topological polar surface area (TPSA) is 59.1 Å². The molecule has 22 heavy (non-hydrogen) atoms. The average Bonchev–Trinajstić information content (AvgIpc) is 2.57. The first-order valence-electron chi connectivity index (χ1n) is 7.45. The van der Waals surface area contributed by atoms with Crippen LogP contribution in [0.1, 0.15) is 18.6 Å². The fourth-order valence-corrected chi connectivity index (χ4v) is 2.50. The minimum absolute atomic E-state index is 0.0720. The van der Waals surface area contributed by atoms with Gasteiger partial charge in [-0.25, -0.2) is 4.79 Å². The molecular weight excluding hydrogens is 284 g/mol. The molecule has 1 aliphatic rings. The lowest BCUT2D eigenvalue weighted by atomic mass is 10.1. The molecule has 1 fully saturated rings. The lowest BCUT2D eigenvalue weighted by Crippen LogP contribution is -2.51. The molecule has 1 saturated heterocycles. The number of rotatable bonds is 4. The number of piperazine rings is 1. The summed E-state index contributed by atoms with van der Waals surface area (Å²) in [5.41, 5.74) is 0.836. The van der Waals surface area contributed by atoms with E-state index in [2.05, 4.69) is 0 Å². The summed E-state index contributed by atoms with van der Waals surface area (Å²) in [7, 11) is 1.53. The van der Waals surface area contributed by atoms with Gasteiger partial charge in [-0.3, -0.25) is 4.79 Å². The number of nitrogens with zero attached hydrogens (tertiary/aromatic N) is 2. The summed E-state index contributed by atoms with van der Waals surface area (Å²) >= 11 is 0. The first-order chi connectivity index (χ1) is 10.7. The van der Waals surface area contributed by atoms with Crippen molar-refractivity contribution in [1.82, 2.24) is 9.80 Å². The van der Waals surface area contributed by atoms with E-state index in [0.29, 0.717) is 32.8 Å². The van der Waals surface area contributed by atoms with Crippen molar-refractivity contribution in [1.29, 1.82) is 0 Å². The third-order valence-corrected chi connectivity index (χ3v) is 3.68. The standard InChI is InChI=1S/C16H22N2O4/c1-3-22-16(20)18-11-9-17(10-12-18)15(19)14(21-2)13-7-5-4-6-8-13/h4-8,14H,3,9-12H2,1-2H3/t14-/m1/s1. The maximum atomic E-state index is 12.6. The Bertz CT molecular complexity index is 498. The van der Waals surface area contributed by atoms with Gasteiger partial charge in [-0.15, -0.1) is 0 Å². The fraction of sp³-hybridized carbons (Fsp3) is 0.500. The highest BCUT2D eigenvalue weighted by Crippen LogP contribution is 2.20. The van der Waals surface area contributed by atoms with Gasteiger partial charge in [0.25, 0.3) is 5.91 Å². The van der Waals surface area contributed by atoms with Crippen LogP contribution in [0.4, 0.5) is 4.79 Å². The summed E-state index contributed by atoms with van der Waals surface area (Å²) < 4.78 is 10.3. The maximum Gasteiger partial charge on any atom is 0.409 e. The van der Waals surface area contributed by atoms with Crippen LogP contribution in [0.15, 0.2) is 30.3 Å². The molecule has 0 spiro atoms. The Morgan fingerprint density at radius 2 is 1.68 bits per heavy atom. The smallest absolute Gasteiger partial charge is 0.409 e. The molecule has 6 heteroatoms. The molecule has 6 nitrogen and oxygen atoms in total. The van der Waals surface area contributed by atoms with Crippen LogP contribution >= 0.6 is 0 Å². The normalized spacial score (nSPS) is 16.3. The number of carbonyl (C=O) groups is 2. The van der Waals surface area contributed by atoms with Crippen molar-refractivity contribution in [2.75, 3.05) is 39.9 Å². The van der Waals surface area contributed by atoms with E-state index in [1.807, 2.05) is 30.3 Å². The molecule has 0 bridgehead atoms. The first-order valence-corrected chi connectivity index (χ1v) is 7.45. The molecule has 1 aromatic rings. The van der Waals surface area contributed by atoms with Crippen LogP contribution in [0, 0.1) is 0 Å². The quantitative estimate of drug-likeness (QED) is 0.849. The highest BCUT2D eigenvalue weighted by atomic mass is 16.6. The van der Waals surface area contributed by atoms with Crippen LogP contribution in [-0.4, -0.2) is 61.7 Å². The number of benzene rings is 1. The van der Waals surface area contributed by atoms with Gasteiger partial charge in [0.1, 0.15) is 0 Å². The van der Waals surface area contributed by atoms with Crippen molar-refractivity contribution in [2.24, 2.45) is 0 Å². The number of hydrogen-bond donors (Lipinski definition) is 0. The molecule has 0 N–H and O–H groups in total. The molecule has 1 aliphatic heterocycles. The Labute approximate surface area is 130 Å². The maximum absolute atomic E-state index is 12.6. The van der Waals surface area contributed by atoms with E-state index in [-0.39, 0.29) is 12.0 Å². The van der Waals surface area contributed by atoms with Gasteiger partial charge in [-0.05, 0) is 12.5 Å². The molecule has 0 radical (unpaired) electrons.